The molecule has 1 amide bonds. The van der Waals surface area contributed by atoms with Gasteiger partial charge >= 0.3 is 0 Å². The first-order valence-corrected chi connectivity index (χ1v) is 15.7. The van der Waals surface area contributed by atoms with Crippen LogP contribution >= 0.6 is 0 Å². The molecule has 4 heterocycles. The lowest BCUT2D eigenvalue weighted by molar-refractivity contribution is 0.0815. The van der Waals surface area contributed by atoms with Gasteiger partial charge in [-0.2, -0.15) is 5.10 Å². The van der Waals surface area contributed by atoms with Crippen LogP contribution in [0.25, 0.3) is 11.0 Å². The van der Waals surface area contributed by atoms with Gasteiger partial charge in [-0.15, -0.1) is 0 Å². The van der Waals surface area contributed by atoms with Gasteiger partial charge in [-0.1, -0.05) is 60.7 Å². The van der Waals surface area contributed by atoms with Crippen molar-refractivity contribution in [1.82, 2.24) is 39.8 Å². The molecule has 1 saturated heterocycles. The molecule has 2 aliphatic rings. The molecular weight excluding hydrogens is 562 g/mol. The number of amides is 1. The van der Waals surface area contributed by atoms with Crippen LogP contribution in [0.5, 0.6) is 0 Å². The number of aromatic nitrogens is 5. The summed E-state index contributed by atoms with van der Waals surface area (Å²) in [7, 11) is 2.21. The van der Waals surface area contributed by atoms with E-state index in [1.54, 1.807) is 30.7 Å². The third-order valence-electron chi connectivity index (χ3n) is 8.97. The van der Waals surface area contributed by atoms with E-state index in [1.165, 1.54) is 45.3 Å². The third kappa shape index (κ3) is 7.35. The monoisotopic (exact) mass is 603 g/mol. The van der Waals surface area contributed by atoms with Crippen LogP contribution in [-0.2, 0) is 0 Å². The van der Waals surface area contributed by atoms with Crippen molar-refractivity contribution in [3.63, 3.8) is 0 Å². The van der Waals surface area contributed by atoms with E-state index in [0.717, 1.165) is 41.0 Å². The number of pyridine rings is 1. The number of likely N-dealkylation sites (N-methyl/N-ethyl adjacent to an activating group) is 1. The number of nitrogens with two attached hydrogens (primary N) is 1. The first-order valence-electron chi connectivity index (χ1n) is 15.7. The van der Waals surface area contributed by atoms with Gasteiger partial charge in [0.15, 0.2) is 5.65 Å². The summed E-state index contributed by atoms with van der Waals surface area (Å²) >= 11 is 0. The molecule has 0 bridgehead atoms. The number of nitrogens with one attached hydrogen (secondary N) is 1. The summed E-state index contributed by atoms with van der Waals surface area (Å²) in [5.41, 5.74) is 9.50. The molecule has 0 unspecified atom stereocenters. The normalized spacial score (nSPS) is 19.2. The van der Waals surface area contributed by atoms with Crippen LogP contribution in [0, 0.1) is 0 Å². The number of rotatable bonds is 6. The minimum atomic E-state index is -0.178. The predicted molar refractivity (Wildman–Crippen MR) is 177 cm³/mol. The van der Waals surface area contributed by atoms with Crippen molar-refractivity contribution in [2.45, 2.75) is 43.8 Å². The molecule has 0 atom stereocenters. The van der Waals surface area contributed by atoms with Crippen molar-refractivity contribution < 1.29 is 4.79 Å². The van der Waals surface area contributed by atoms with Gasteiger partial charge in [0.05, 0.1) is 23.7 Å². The molecule has 7 rings (SSSR count). The Kier molecular flexibility index (Phi) is 9.72. The Hall–Kier alpha value is -4.67. The Morgan fingerprint density at radius 3 is 2.04 bits per heavy atom. The second-order valence-electron chi connectivity index (χ2n) is 11.9. The van der Waals surface area contributed by atoms with Crippen molar-refractivity contribution in [3.8, 4) is 0 Å². The standard InChI is InChI=1S/C19H16N2O.C16H25N7/c22-19(17-11-13-20-14-12-17)21-18(15-7-3-1-4-8-15)16-9-5-2-6-10-16;1-21-6-8-22(9-7-21)12-2-4-13(5-3-12)23-16-14(10-20-23)15(17)18-11-19-16/h1-14,18H,(H,21,22);10-13H,2-9H2,1H3,(H2,17,18,19). The average molecular weight is 604 g/mol. The van der Waals surface area contributed by atoms with Gasteiger partial charge < -0.3 is 16.0 Å². The molecule has 5 aromatic rings. The largest absolute Gasteiger partial charge is 0.383 e. The zero-order chi connectivity index (χ0) is 31.0. The highest BCUT2D eigenvalue weighted by atomic mass is 16.1. The van der Waals surface area contributed by atoms with Gasteiger partial charge in [0.1, 0.15) is 12.1 Å². The number of fused-ring (bicyclic) bond motifs is 1. The van der Waals surface area contributed by atoms with Gasteiger partial charge in [-0.3, -0.25) is 14.7 Å². The van der Waals surface area contributed by atoms with E-state index in [9.17, 15) is 4.79 Å². The molecule has 1 aliphatic carbocycles. The van der Waals surface area contributed by atoms with Crippen molar-refractivity contribution in [2.24, 2.45) is 0 Å². The van der Waals surface area contributed by atoms with Gasteiger partial charge in [0, 0.05) is 50.2 Å². The Morgan fingerprint density at radius 2 is 1.42 bits per heavy atom. The van der Waals surface area contributed by atoms with Crippen molar-refractivity contribution in [2.75, 3.05) is 39.0 Å². The summed E-state index contributed by atoms with van der Waals surface area (Å²) in [5.74, 6) is 0.410. The lowest BCUT2D eigenvalue weighted by Gasteiger charge is -2.41. The SMILES string of the molecule is CN1CCN(C2CCC(n3ncc4c(N)ncnc43)CC2)CC1.O=C(NC(c1ccccc1)c1ccccc1)c1ccncc1. The zero-order valence-electron chi connectivity index (χ0n) is 25.7. The quantitative estimate of drug-likeness (QED) is 0.286. The average Bonchev–Trinajstić information content (AvgIpc) is 3.55. The molecule has 3 aromatic heterocycles. The third-order valence-corrected chi connectivity index (χ3v) is 8.97. The van der Waals surface area contributed by atoms with Crippen molar-refractivity contribution in [3.05, 3.63) is 114 Å². The molecule has 232 valence electrons. The number of hydrogen-bond acceptors (Lipinski definition) is 8. The fraction of sp³-hybridized carbons (Fsp3) is 0.343. The minimum absolute atomic E-state index is 0.111. The second-order valence-corrected chi connectivity index (χ2v) is 11.9. The number of hydrogen-bond donors (Lipinski definition) is 2. The second kappa shape index (κ2) is 14.4. The summed E-state index contributed by atoms with van der Waals surface area (Å²) < 4.78 is 2.06. The summed E-state index contributed by atoms with van der Waals surface area (Å²) in [4.78, 5) is 29.9. The van der Waals surface area contributed by atoms with Crippen molar-refractivity contribution >= 4 is 22.8 Å². The summed E-state index contributed by atoms with van der Waals surface area (Å²) in [5, 5.41) is 8.51. The van der Waals surface area contributed by atoms with Crippen LogP contribution in [0.1, 0.15) is 59.3 Å². The van der Waals surface area contributed by atoms with Crippen LogP contribution in [0.2, 0.25) is 0 Å². The molecule has 10 heteroatoms. The summed E-state index contributed by atoms with van der Waals surface area (Å²) in [6.45, 7) is 4.81. The fourth-order valence-corrected chi connectivity index (χ4v) is 6.37. The Balaban J connectivity index is 0.000000159. The summed E-state index contributed by atoms with van der Waals surface area (Å²) in [6, 6.07) is 24.3. The van der Waals surface area contributed by atoms with E-state index in [4.69, 9.17) is 5.73 Å². The molecule has 1 saturated carbocycles. The van der Waals surface area contributed by atoms with E-state index in [1.807, 2.05) is 60.7 Å². The Morgan fingerprint density at radius 1 is 0.822 bits per heavy atom. The zero-order valence-corrected chi connectivity index (χ0v) is 25.7. The molecule has 0 radical (unpaired) electrons. The number of benzene rings is 2. The van der Waals surface area contributed by atoms with Crippen LogP contribution in [0.3, 0.4) is 0 Å². The predicted octanol–water partition coefficient (Wildman–Crippen LogP) is 4.74. The number of anilines is 1. The highest BCUT2D eigenvalue weighted by Gasteiger charge is 2.29. The molecule has 45 heavy (non-hydrogen) atoms. The molecule has 0 spiro atoms. The van der Waals surface area contributed by atoms with Crippen molar-refractivity contribution in [1.29, 1.82) is 0 Å². The number of nitrogen functional groups attached to an aromatic ring is 1. The molecule has 10 nitrogen and oxygen atoms in total. The summed E-state index contributed by atoms with van der Waals surface area (Å²) in [6.07, 6.45) is 11.4. The topological polar surface area (TPSA) is 118 Å². The molecule has 3 N–H and O–H groups in total. The molecule has 2 aromatic carbocycles. The first-order chi connectivity index (χ1) is 22.1. The molecule has 1 aliphatic heterocycles. The molecule has 2 fully saturated rings. The van der Waals surface area contributed by atoms with Gasteiger partial charge in [0.2, 0.25) is 0 Å². The lowest BCUT2D eigenvalue weighted by Crippen LogP contribution is -2.49. The van der Waals surface area contributed by atoms with E-state index in [2.05, 4.69) is 46.9 Å². The van der Waals surface area contributed by atoms with Gasteiger partial charge in [-0.25, -0.2) is 14.6 Å². The maximum atomic E-state index is 12.5. The number of piperazine rings is 1. The highest BCUT2D eigenvalue weighted by Crippen LogP contribution is 2.33. The Bertz CT molecular complexity index is 1610. The van der Waals surface area contributed by atoms with Crippen LogP contribution in [-0.4, -0.2) is 79.7 Å². The van der Waals surface area contributed by atoms with Gasteiger partial charge in [-0.05, 0) is 56.0 Å². The van der Waals surface area contributed by atoms with Crippen LogP contribution < -0.4 is 11.1 Å². The first kappa shape index (κ1) is 30.4. The van der Waals surface area contributed by atoms with E-state index >= 15 is 0 Å². The smallest absolute Gasteiger partial charge is 0.252 e. The van der Waals surface area contributed by atoms with Crippen LogP contribution in [0.15, 0.2) is 97.7 Å². The van der Waals surface area contributed by atoms with E-state index in [-0.39, 0.29) is 11.9 Å². The van der Waals surface area contributed by atoms with E-state index in [0.29, 0.717) is 17.4 Å². The Labute approximate surface area is 264 Å². The highest BCUT2D eigenvalue weighted by molar-refractivity contribution is 5.94. The maximum absolute atomic E-state index is 12.5. The number of carbonyl (C=O) groups excluding carboxylic acids is 1. The fourth-order valence-electron chi connectivity index (χ4n) is 6.37. The van der Waals surface area contributed by atoms with Gasteiger partial charge in [0.25, 0.3) is 5.91 Å². The number of carbonyl (C=O) groups is 1. The lowest BCUT2D eigenvalue weighted by atomic mass is 9.90. The molecular formula is C35H41N9O. The minimum Gasteiger partial charge on any atom is -0.383 e. The van der Waals surface area contributed by atoms with Crippen LogP contribution in [0.4, 0.5) is 5.82 Å². The number of nitrogens with zero attached hydrogens (tertiary/aromatic N) is 7. The maximum Gasteiger partial charge on any atom is 0.252 e. The van der Waals surface area contributed by atoms with E-state index < -0.39 is 0 Å².